The van der Waals surface area contributed by atoms with Gasteiger partial charge in [-0.2, -0.15) is 0 Å². The van der Waals surface area contributed by atoms with Crippen LogP contribution >= 0.6 is 39.0 Å². The molecule has 2 aromatic heterocycles. The van der Waals surface area contributed by atoms with Gasteiger partial charge in [0.2, 0.25) is 5.89 Å². The Morgan fingerprint density at radius 3 is 2.95 bits per heavy atom. The summed E-state index contributed by atoms with van der Waals surface area (Å²) in [7, 11) is 0. The van der Waals surface area contributed by atoms with Crippen LogP contribution in [0.15, 0.2) is 49.5 Å². The molecule has 3 nitrogen and oxygen atoms in total. The van der Waals surface area contributed by atoms with Crippen LogP contribution in [0.3, 0.4) is 0 Å². The number of thiophene rings is 1. The lowest BCUT2D eigenvalue weighted by Crippen LogP contribution is -1.87. The van der Waals surface area contributed by atoms with Crippen LogP contribution in [0, 0.1) is 6.92 Å². The summed E-state index contributed by atoms with van der Waals surface area (Å²) in [6.07, 6.45) is 0. The van der Waals surface area contributed by atoms with E-state index in [4.69, 9.17) is 10.2 Å². The molecule has 1 aromatic carbocycles. The largest absolute Gasteiger partial charge is 0.440 e. The fraction of sp³-hybridized carbons (Fsp3) is 0.133. The predicted molar refractivity (Wildman–Crippen MR) is 92.7 cm³/mol. The molecule has 0 radical (unpaired) electrons. The van der Waals surface area contributed by atoms with E-state index in [1.807, 2.05) is 42.6 Å². The van der Waals surface area contributed by atoms with Crippen molar-refractivity contribution in [1.29, 1.82) is 0 Å². The van der Waals surface area contributed by atoms with Crippen LogP contribution in [0.2, 0.25) is 0 Å². The number of hydrogen-bond donors (Lipinski definition) is 1. The first-order valence-electron chi connectivity index (χ1n) is 6.31. The van der Waals surface area contributed by atoms with Crippen LogP contribution in [0.1, 0.15) is 11.5 Å². The summed E-state index contributed by atoms with van der Waals surface area (Å²) in [5, 5.41) is 2.02. The summed E-state index contributed by atoms with van der Waals surface area (Å²) < 4.78 is 6.76. The molecule has 0 amide bonds. The predicted octanol–water partition coefficient (Wildman–Crippen LogP) is 5.35. The Balaban J connectivity index is 1.76. The first-order valence-corrected chi connectivity index (χ1v) is 8.97. The smallest absolute Gasteiger partial charge is 0.236 e. The Hall–Kier alpha value is -1.24. The van der Waals surface area contributed by atoms with E-state index in [-0.39, 0.29) is 0 Å². The second-order valence-corrected chi connectivity index (χ2v) is 7.30. The number of rotatable bonds is 4. The quantitative estimate of drug-likeness (QED) is 0.489. The van der Waals surface area contributed by atoms with Crippen LogP contribution in [0.25, 0.3) is 10.8 Å². The van der Waals surface area contributed by atoms with Crippen molar-refractivity contribution in [3.63, 3.8) is 0 Å². The second-order valence-electron chi connectivity index (χ2n) is 4.48. The van der Waals surface area contributed by atoms with E-state index in [2.05, 4.69) is 20.9 Å². The Bertz CT molecular complexity index is 753. The molecule has 3 rings (SSSR count). The van der Waals surface area contributed by atoms with Crippen molar-refractivity contribution in [1.82, 2.24) is 4.98 Å². The third-order valence-corrected chi connectivity index (χ3v) is 5.81. The number of nitrogen functional groups attached to an aromatic ring is 1. The van der Waals surface area contributed by atoms with Crippen LogP contribution < -0.4 is 5.73 Å². The van der Waals surface area contributed by atoms with Gasteiger partial charge < -0.3 is 10.2 Å². The fourth-order valence-electron chi connectivity index (χ4n) is 1.85. The molecular formula is C15H13BrN2OS2. The van der Waals surface area contributed by atoms with Crippen LogP contribution in [-0.2, 0) is 5.75 Å². The molecular weight excluding hydrogens is 368 g/mol. The first-order chi connectivity index (χ1) is 10.1. The van der Waals surface area contributed by atoms with Crippen molar-refractivity contribution >= 4 is 44.7 Å². The van der Waals surface area contributed by atoms with Crippen molar-refractivity contribution in [3.05, 3.63) is 51.6 Å². The Morgan fingerprint density at radius 1 is 1.38 bits per heavy atom. The molecule has 0 aliphatic rings. The highest BCUT2D eigenvalue weighted by atomic mass is 79.9. The lowest BCUT2D eigenvalue weighted by atomic mass is 10.3. The van der Waals surface area contributed by atoms with Gasteiger partial charge >= 0.3 is 0 Å². The van der Waals surface area contributed by atoms with E-state index in [0.29, 0.717) is 5.89 Å². The lowest BCUT2D eigenvalue weighted by molar-refractivity contribution is 0.542. The van der Waals surface area contributed by atoms with Crippen LogP contribution in [0.5, 0.6) is 0 Å². The van der Waals surface area contributed by atoms with Crippen LogP contribution in [0.4, 0.5) is 5.69 Å². The van der Waals surface area contributed by atoms with Gasteiger partial charge in [-0.05, 0) is 52.5 Å². The first kappa shape index (κ1) is 14.7. The molecule has 108 valence electrons. The van der Waals surface area contributed by atoms with Gasteiger partial charge in [-0.3, -0.25) is 0 Å². The highest BCUT2D eigenvalue weighted by molar-refractivity contribution is 9.10. The average Bonchev–Trinajstić information content (AvgIpc) is 3.07. The van der Waals surface area contributed by atoms with Gasteiger partial charge in [0.25, 0.3) is 0 Å². The summed E-state index contributed by atoms with van der Waals surface area (Å²) >= 11 is 6.88. The van der Waals surface area contributed by atoms with Gasteiger partial charge in [-0.25, -0.2) is 4.98 Å². The summed E-state index contributed by atoms with van der Waals surface area (Å²) in [6, 6.07) is 9.84. The van der Waals surface area contributed by atoms with Crippen molar-refractivity contribution < 1.29 is 4.42 Å². The molecule has 0 bridgehead atoms. The molecule has 0 saturated carbocycles. The third kappa shape index (κ3) is 3.33. The summed E-state index contributed by atoms with van der Waals surface area (Å²) in [5.41, 5.74) is 7.48. The van der Waals surface area contributed by atoms with Crippen molar-refractivity contribution in [2.45, 2.75) is 17.6 Å². The highest BCUT2D eigenvalue weighted by Crippen LogP contribution is 2.33. The number of aryl methyl sites for hydroxylation is 1. The SMILES string of the molecule is Cc1oc(-c2cccs2)nc1CSc1ccc(N)cc1Br. The molecule has 0 unspecified atom stereocenters. The van der Waals surface area contributed by atoms with E-state index in [1.165, 1.54) is 0 Å². The number of anilines is 1. The molecule has 0 atom stereocenters. The molecule has 6 heteroatoms. The topological polar surface area (TPSA) is 52.0 Å². The standard InChI is InChI=1S/C15H13BrN2OS2/c1-9-12(18-15(19-9)14-3-2-6-20-14)8-21-13-5-4-10(17)7-11(13)16/h2-7H,8,17H2,1H3. The van der Waals surface area contributed by atoms with Crippen molar-refractivity contribution in [3.8, 4) is 10.8 Å². The molecule has 2 heterocycles. The number of hydrogen-bond acceptors (Lipinski definition) is 5. The molecule has 0 spiro atoms. The second kappa shape index (κ2) is 6.25. The van der Waals surface area contributed by atoms with Crippen molar-refractivity contribution in [2.24, 2.45) is 0 Å². The van der Waals surface area contributed by atoms with Gasteiger partial charge in [0.1, 0.15) is 5.76 Å². The van der Waals surface area contributed by atoms with E-state index in [0.717, 1.165) is 37.1 Å². The zero-order chi connectivity index (χ0) is 14.8. The maximum absolute atomic E-state index is 5.75. The Morgan fingerprint density at radius 2 is 2.24 bits per heavy atom. The minimum absolute atomic E-state index is 0.703. The van der Waals surface area contributed by atoms with E-state index in [1.54, 1.807) is 23.1 Å². The summed E-state index contributed by atoms with van der Waals surface area (Å²) in [6.45, 7) is 1.96. The maximum atomic E-state index is 5.75. The van der Waals surface area contributed by atoms with E-state index < -0.39 is 0 Å². The zero-order valence-electron chi connectivity index (χ0n) is 11.3. The zero-order valence-corrected chi connectivity index (χ0v) is 14.5. The lowest BCUT2D eigenvalue weighted by Gasteiger charge is -2.04. The molecule has 2 N–H and O–H groups in total. The van der Waals surface area contributed by atoms with Gasteiger partial charge in [0.05, 0.1) is 10.6 Å². The number of oxazole rings is 1. The summed E-state index contributed by atoms with van der Waals surface area (Å²) in [5.74, 6) is 2.34. The third-order valence-electron chi connectivity index (χ3n) is 2.94. The number of benzene rings is 1. The maximum Gasteiger partial charge on any atom is 0.236 e. The normalized spacial score (nSPS) is 11.0. The molecule has 21 heavy (non-hydrogen) atoms. The number of halogens is 1. The monoisotopic (exact) mass is 380 g/mol. The van der Waals surface area contributed by atoms with Crippen molar-refractivity contribution in [2.75, 3.05) is 5.73 Å². The Kier molecular flexibility index (Phi) is 4.37. The molecule has 0 saturated heterocycles. The Labute approximate surface area is 139 Å². The van der Waals surface area contributed by atoms with Gasteiger partial charge in [-0.1, -0.05) is 6.07 Å². The van der Waals surface area contributed by atoms with Gasteiger partial charge in [0.15, 0.2) is 0 Å². The van der Waals surface area contributed by atoms with E-state index in [9.17, 15) is 0 Å². The van der Waals surface area contributed by atoms with E-state index >= 15 is 0 Å². The average molecular weight is 381 g/mol. The van der Waals surface area contributed by atoms with Crippen LogP contribution in [-0.4, -0.2) is 4.98 Å². The number of aromatic nitrogens is 1. The number of thioether (sulfide) groups is 1. The molecule has 0 aliphatic heterocycles. The summed E-state index contributed by atoms with van der Waals surface area (Å²) in [4.78, 5) is 6.80. The number of nitrogens with two attached hydrogens (primary N) is 1. The van der Waals surface area contributed by atoms with Gasteiger partial charge in [-0.15, -0.1) is 23.1 Å². The highest BCUT2D eigenvalue weighted by Gasteiger charge is 2.13. The molecule has 3 aromatic rings. The van der Waals surface area contributed by atoms with Gasteiger partial charge in [0, 0.05) is 20.8 Å². The molecule has 0 fully saturated rings. The fourth-order valence-corrected chi connectivity index (χ4v) is 4.16. The minimum Gasteiger partial charge on any atom is -0.440 e. The molecule has 0 aliphatic carbocycles. The number of nitrogens with zero attached hydrogens (tertiary/aromatic N) is 1. The minimum atomic E-state index is 0.703.